The fourth-order valence-corrected chi connectivity index (χ4v) is 2.25. The van der Waals surface area contributed by atoms with Crippen LogP contribution in [-0.4, -0.2) is 33.4 Å². The number of rotatable bonds is 4. The van der Waals surface area contributed by atoms with E-state index in [2.05, 4.69) is 24.7 Å². The van der Waals surface area contributed by atoms with E-state index in [1.807, 2.05) is 0 Å². The van der Waals surface area contributed by atoms with Crippen LogP contribution >= 0.6 is 0 Å². The third-order valence-corrected chi connectivity index (χ3v) is 3.21. The zero-order valence-corrected chi connectivity index (χ0v) is 12.8. The van der Waals surface area contributed by atoms with E-state index in [1.54, 1.807) is 6.92 Å². The SMILES string of the molecule is COc1nc2nc(C)[nH]c2nc1Cc1ccc(OC(F)(F)F)cc1. The van der Waals surface area contributed by atoms with E-state index in [-0.39, 0.29) is 5.75 Å². The van der Waals surface area contributed by atoms with Gasteiger partial charge in [0.25, 0.3) is 0 Å². The molecule has 0 atom stereocenters. The van der Waals surface area contributed by atoms with E-state index in [0.717, 1.165) is 5.56 Å². The predicted octanol–water partition coefficient (Wildman–Crippen LogP) is 3.16. The number of aromatic amines is 1. The standard InChI is InChI=1S/C15H13F3N4O2/c1-8-19-12-13(20-8)22-14(23-2)11(21-12)7-9-3-5-10(6-4-9)24-15(16,17)18/h3-6H,7H2,1-2H3,(H,19,20,21,22). The molecule has 3 rings (SSSR count). The number of nitrogens with zero attached hydrogens (tertiary/aromatic N) is 3. The van der Waals surface area contributed by atoms with Gasteiger partial charge in [-0.15, -0.1) is 13.2 Å². The van der Waals surface area contributed by atoms with Crippen molar-refractivity contribution in [2.24, 2.45) is 0 Å². The van der Waals surface area contributed by atoms with Crippen molar-refractivity contribution in [2.45, 2.75) is 19.7 Å². The van der Waals surface area contributed by atoms with Crippen molar-refractivity contribution in [3.05, 3.63) is 41.3 Å². The summed E-state index contributed by atoms with van der Waals surface area (Å²) in [6.07, 6.45) is -4.36. The minimum absolute atomic E-state index is 0.274. The molecular formula is C15H13F3N4O2. The second-order valence-electron chi connectivity index (χ2n) is 5.04. The number of hydrogen-bond acceptors (Lipinski definition) is 5. The van der Waals surface area contributed by atoms with Crippen LogP contribution in [0, 0.1) is 6.92 Å². The van der Waals surface area contributed by atoms with Crippen LogP contribution in [0.3, 0.4) is 0 Å². The monoisotopic (exact) mass is 338 g/mol. The maximum atomic E-state index is 12.2. The molecule has 0 aliphatic carbocycles. The van der Waals surface area contributed by atoms with Crippen molar-refractivity contribution in [1.82, 2.24) is 19.9 Å². The average molecular weight is 338 g/mol. The van der Waals surface area contributed by atoms with Gasteiger partial charge in [-0.2, -0.15) is 4.98 Å². The van der Waals surface area contributed by atoms with Crippen LogP contribution in [0.2, 0.25) is 0 Å². The van der Waals surface area contributed by atoms with Gasteiger partial charge in [0.05, 0.1) is 7.11 Å². The summed E-state index contributed by atoms with van der Waals surface area (Å²) in [5.41, 5.74) is 2.27. The molecule has 0 saturated heterocycles. The highest BCUT2D eigenvalue weighted by Crippen LogP contribution is 2.25. The van der Waals surface area contributed by atoms with Gasteiger partial charge >= 0.3 is 6.36 Å². The summed E-state index contributed by atoms with van der Waals surface area (Å²) in [6, 6.07) is 5.57. The third-order valence-electron chi connectivity index (χ3n) is 3.21. The molecule has 0 saturated carbocycles. The Morgan fingerprint density at radius 2 is 1.79 bits per heavy atom. The van der Waals surface area contributed by atoms with Crippen LogP contribution < -0.4 is 9.47 Å². The minimum Gasteiger partial charge on any atom is -0.480 e. The lowest BCUT2D eigenvalue weighted by molar-refractivity contribution is -0.274. The lowest BCUT2D eigenvalue weighted by atomic mass is 10.1. The van der Waals surface area contributed by atoms with Crippen LogP contribution in [-0.2, 0) is 6.42 Å². The van der Waals surface area contributed by atoms with Crippen LogP contribution in [0.4, 0.5) is 13.2 Å². The number of nitrogens with one attached hydrogen (secondary N) is 1. The van der Waals surface area contributed by atoms with E-state index in [1.165, 1.54) is 31.4 Å². The van der Waals surface area contributed by atoms with Gasteiger partial charge < -0.3 is 14.5 Å². The normalized spacial score (nSPS) is 11.7. The van der Waals surface area contributed by atoms with Crippen LogP contribution in [0.15, 0.2) is 24.3 Å². The maximum Gasteiger partial charge on any atom is 0.573 e. The molecule has 0 unspecified atom stereocenters. The molecule has 0 amide bonds. The number of aryl methyl sites for hydroxylation is 1. The molecule has 1 N–H and O–H groups in total. The average Bonchev–Trinajstić information content (AvgIpc) is 2.86. The van der Waals surface area contributed by atoms with Crippen molar-refractivity contribution in [2.75, 3.05) is 7.11 Å². The lowest BCUT2D eigenvalue weighted by Gasteiger charge is -2.10. The molecule has 6 nitrogen and oxygen atoms in total. The van der Waals surface area contributed by atoms with Crippen molar-refractivity contribution >= 4 is 11.3 Å². The molecule has 2 heterocycles. The van der Waals surface area contributed by atoms with Gasteiger partial charge in [-0.05, 0) is 24.6 Å². The molecule has 0 bridgehead atoms. The number of alkyl halides is 3. The Kier molecular flexibility index (Phi) is 4.00. The van der Waals surface area contributed by atoms with E-state index in [9.17, 15) is 13.2 Å². The summed E-state index contributed by atoms with van der Waals surface area (Å²) in [5.74, 6) is 0.728. The van der Waals surface area contributed by atoms with Gasteiger partial charge in [-0.25, -0.2) is 9.97 Å². The molecule has 0 spiro atoms. The molecule has 1 aromatic carbocycles. The molecule has 9 heteroatoms. The molecule has 0 radical (unpaired) electrons. The fourth-order valence-electron chi connectivity index (χ4n) is 2.25. The number of H-pyrrole nitrogens is 1. The summed E-state index contributed by atoms with van der Waals surface area (Å²) in [6.45, 7) is 1.79. The highest BCUT2D eigenvalue weighted by Gasteiger charge is 2.30. The first-order valence-electron chi connectivity index (χ1n) is 6.96. The Morgan fingerprint density at radius 3 is 2.42 bits per heavy atom. The molecule has 3 aromatic rings. The van der Waals surface area contributed by atoms with Gasteiger partial charge in [0.1, 0.15) is 17.3 Å². The molecule has 0 aliphatic heterocycles. The number of methoxy groups -OCH3 is 1. The number of benzene rings is 1. The molecule has 2 aromatic heterocycles. The number of ether oxygens (including phenoxy) is 2. The van der Waals surface area contributed by atoms with E-state index in [4.69, 9.17) is 4.74 Å². The van der Waals surface area contributed by atoms with Crippen molar-refractivity contribution in [3.8, 4) is 11.6 Å². The van der Waals surface area contributed by atoms with Crippen LogP contribution in [0.1, 0.15) is 17.1 Å². The number of imidazole rings is 1. The van der Waals surface area contributed by atoms with E-state index >= 15 is 0 Å². The summed E-state index contributed by atoms with van der Waals surface area (Å²) < 4.78 is 45.6. The lowest BCUT2D eigenvalue weighted by Crippen LogP contribution is -2.17. The van der Waals surface area contributed by atoms with E-state index in [0.29, 0.717) is 35.1 Å². The third kappa shape index (κ3) is 3.55. The Bertz CT molecular complexity index is 860. The molecular weight excluding hydrogens is 325 g/mol. The number of fused-ring (bicyclic) bond motifs is 1. The van der Waals surface area contributed by atoms with Gasteiger partial charge in [-0.3, -0.25) is 0 Å². The zero-order chi connectivity index (χ0) is 17.3. The van der Waals surface area contributed by atoms with Crippen LogP contribution in [0.25, 0.3) is 11.3 Å². The molecule has 24 heavy (non-hydrogen) atoms. The zero-order valence-electron chi connectivity index (χ0n) is 12.8. The Morgan fingerprint density at radius 1 is 1.08 bits per heavy atom. The van der Waals surface area contributed by atoms with Crippen molar-refractivity contribution in [1.29, 1.82) is 0 Å². The summed E-state index contributed by atoms with van der Waals surface area (Å²) in [5, 5.41) is 0. The first kappa shape index (κ1) is 16.0. The highest BCUT2D eigenvalue weighted by atomic mass is 19.4. The highest BCUT2D eigenvalue weighted by molar-refractivity contribution is 5.66. The summed E-state index contributed by atoms with van der Waals surface area (Å²) in [4.78, 5) is 15.9. The largest absolute Gasteiger partial charge is 0.573 e. The summed E-state index contributed by atoms with van der Waals surface area (Å²) >= 11 is 0. The van der Waals surface area contributed by atoms with Gasteiger partial charge in [0.15, 0.2) is 5.65 Å². The Hall–Kier alpha value is -2.84. The smallest absolute Gasteiger partial charge is 0.480 e. The van der Waals surface area contributed by atoms with Gasteiger partial charge in [0, 0.05) is 6.42 Å². The fraction of sp³-hybridized carbons (Fsp3) is 0.267. The quantitative estimate of drug-likeness (QED) is 0.791. The maximum absolute atomic E-state index is 12.2. The minimum atomic E-state index is -4.71. The van der Waals surface area contributed by atoms with Gasteiger partial charge in [-0.1, -0.05) is 12.1 Å². The molecule has 0 aliphatic rings. The predicted molar refractivity (Wildman–Crippen MR) is 78.9 cm³/mol. The Labute approximate surface area is 134 Å². The first-order chi connectivity index (χ1) is 11.3. The molecule has 126 valence electrons. The molecule has 0 fully saturated rings. The van der Waals surface area contributed by atoms with Crippen LogP contribution in [0.5, 0.6) is 11.6 Å². The van der Waals surface area contributed by atoms with E-state index < -0.39 is 6.36 Å². The van der Waals surface area contributed by atoms with Crippen molar-refractivity contribution in [3.63, 3.8) is 0 Å². The second-order valence-corrected chi connectivity index (χ2v) is 5.04. The number of aromatic nitrogens is 4. The topological polar surface area (TPSA) is 72.9 Å². The number of hydrogen-bond donors (Lipinski definition) is 1. The van der Waals surface area contributed by atoms with Gasteiger partial charge in [0.2, 0.25) is 11.5 Å². The van der Waals surface area contributed by atoms with Crippen molar-refractivity contribution < 1.29 is 22.6 Å². The summed E-state index contributed by atoms with van der Waals surface area (Å²) in [7, 11) is 1.47. The number of halogens is 3. The second kappa shape index (κ2) is 5.99. The Balaban J connectivity index is 1.86. The first-order valence-corrected chi connectivity index (χ1v) is 6.96.